The van der Waals surface area contributed by atoms with E-state index in [2.05, 4.69) is 16.8 Å². The van der Waals surface area contributed by atoms with Gasteiger partial charge in [0.25, 0.3) is 5.91 Å². The molecule has 0 fully saturated rings. The number of hydrogen-bond donors (Lipinski definition) is 2. The number of benzene rings is 2. The summed E-state index contributed by atoms with van der Waals surface area (Å²) in [7, 11) is 0. The highest BCUT2D eigenvalue weighted by atomic mass is 16.3. The molecular weight excluding hydrogens is 306 g/mol. The van der Waals surface area contributed by atoms with Crippen LogP contribution in [0.25, 0.3) is 0 Å². The fourth-order valence-corrected chi connectivity index (χ4v) is 2.47. The number of rotatable bonds is 4. The standard InChI is InChI=1S/C18H15N3O3/c1-2-10-21-14-8-4-3-7-13(14)16(18(21)24)20-19-11-12-6-5-9-15(22)17(12)23/h2-9,11,22-23H,1,10H2/b19-11-,20-16-. The second-order valence-electron chi connectivity index (χ2n) is 5.13. The van der Waals surface area contributed by atoms with E-state index in [1.165, 1.54) is 12.3 Å². The van der Waals surface area contributed by atoms with Gasteiger partial charge < -0.3 is 15.1 Å². The van der Waals surface area contributed by atoms with Crippen molar-refractivity contribution in [3.63, 3.8) is 0 Å². The van der Waals surface area contributed by atoms with Crippen LogP contribution in [0.5, 0.6) is 11.5 Å². The molecule has 0 aliphatic carbocycles. The molecule has 0 radical (unpaired) electrons. The minimum absolute atomic E-state index is 0.225. The first kappa shape index (κ1) is 15.5. The summed E-state index contributed by atoms with van der Waals surface area (Å²) in [4.78, 5) is 14.1. The zero-order valence-electron chi connectivity index (χ0n) is 12.8. The Hall–Kier alpha value is -3.41. The quantitative estimate of drug-likeness (QED) is 0.392. The number of carbonyl (C=O) groups excluding carboxylic acids is 1. The second kappa shape index (κ2) is 6.37. The van der Waals surface area contributed by atoms with Crippen LogP contribution in [-0.4, -0.2) is 34.6 Å². The largest absolute Gasteiger partial charge is 0.504 e. The smallest absolute Gasteiger partial charge is 0.279 e. The lowest BCUT2D eigenvalue weighted by Gasteiger charge is -2.13. The summed E-state index contributed by atoms with van der Waals surface area (Å²) in [5.74, 6) is -0.785. The molecule has 2 N–H and O–H groups in total. The summed E-state index contributed by atoms with van der Waals surface area (Å²) in [5.41, 5.74) is 1.99. The van der Waals surface area contributed by atoms with E-state index in [0.29, 0.717) is 17.7 Å². The van der Waals surface area contributed by atoms with Crippen molar-refractivity contribution in [2.75, 3.05) is 11.4 Å². The number of nitrogens with zero attached hydrogens (tertiary/aromatic N) is 3. The third-order valence-corrected chi connectivity index (χ3v) is 3.61. The summed E-state index contributed by atoms with van der Waals surface area (Å²) in [6.45, 7) is 4.04. The minimum atomic E-state index is -0.284. The number of phenolic OH excluding ortho intramolecular Hbond substituents is 2. The summed E-state index contributed by atoms with van der Waals surface area (Å²) >= 11 is 0. The van der Waals surface area contributed by atoms with E-state index in [-0.39, 0.29) is 23.1 Å². The van der Waals surface area contributed by atoms with Crippen LogP contribution in [0.2, 0.25) is 0 Å². The maximum atomic E-state index is 12.5. The van der Waals surface area contributed by atoms with E-state index in [4.69, 9.17) is 0 Å². The zero-order valence-corrected chi connectivity index (χ0v) is 12.8. The third kappa shape index (κ3) is 2.65. The maximum Gasteiger partial charge on any atom is 0.279 e. The number of carbonyl (C=O) groups is 1. The van der Waals surface area contributed by atoms with E-state index in [0.717, 1.165) is 5.69 Å². The van der Waals surface area contributed by atoms with E-state index in [1.54, 1.807) is 29.2 Å². The lowest BCUT2D eigenvalue weighted by Crippen LogP contribution is -2.30. The summed E-state index contributed by atoms with van der Waals surface area (Å²) in [6.07, 6.45) is 2.93. The molecule has 1 heterocycles. The number of para-hydroxylation sites is 2. The van der Waals surface area contributed by atoms with Crippen molar-refractivity contribution < 1.29 is 15.0 Å². The van der Waals surface area contributed by atoms with Crippen molar-refractivity contribution in [1.82, 2.24) is 0 Å². The zero-order chi connectivity index (χ0) is 17.1. The Morgan fingerprint density at radius 2 is 1.92 bits per heavy atom. The highest BCUT2D eigenvalue weighted by molar-refractivity contribution is 6.54. The molecule has 0 bridgehead atoms. The molecule has 0 unspecified atom stereocenters. The first-order chi connectivity index (χ1) is 11.6. The van der Waals surface area contributed by atoms with Crippen molar-refractivity contribution in [2.45, 2.75) is 0 Å². The molecule has 6 nitrogen and oxygen atoms in total. The fourth-order valence-electron chi connectivity index (χ4n) is 2.47. The van der Waals surface area contributed by atoms with E-state index < -0.39 is 0 Å². The monoisotopic (exact) mass is 321 g/mol. The average Bonchev–Trinajstić information content (AvgIpc) is 2.85. The Morgan fingerprint density at radius 3 is 2.71 bits per heavy atom. The summed E-state index contributed by atoms with van der Waals surface area (Å²) < 4.78 is 0. The molecule has 0 saturated heterocycles. The SMILES string of the molecule is C=CCN1C(=O)/C(=N\N=C/c2cccc(O)c2O)c2ccccc21. The van der Waals surface area contributed by atoms with Crippen LogP contribution in [-0.2, 0) is 4.79 Å². The molecule has 120 valence electrons. The van der Waals surface area contributed by atoms with Crippen LogP contribution in [0.15, 0.2) is 65.3 Å². The van der Waals surface area contributed by atoms with Gasteiger partial charge in [0.2, 0.25) is 0 Å². The number of fused-ring (bicyclic) bond motifs is 1. The van der Waals surface area contributed by atoms with Gasteiger partial charge in [0.1, 0.15) is 0 Å². The molecule has 0 aromatic heterocycles. The topological polar surface area (TPSA) is 85.5 Å². The first-order valence-electron chi connectivity index (χ1n) is 7.27. The Morgan fingerprint density at radius 1 is 1.12 bits per heavy atom. The third-order valence-electron chi connectivity index (χ3n) is 3.61. The molecular formula is C18H15N3O3. The molecule has 6 heteroatoms. The maximum absolute atomic E-state index is 12.5. The molecule has 2 aromatic rings. The predicted octanol–water partition coefficient (Wildman–Crippen LogP) is 2.45. The number of anilines is 1. The number of hydrogen-bond acceptors (Lipinski definition) is 5. The van der Waals surface area contributed by atoms with Crippen LogP contribution in [0.4, 0.5) is 5.69 Å². The van der Waals surface area contributed by atoms with E-state index >= 15 is 0 Å². The average molecular weight is 321 g/mol. The van der Waals surface area contributed by atoms with Gasteiger partial charge in [0, 0.05) is 17.7 Å². The van der Waals surface area contributed by atoms with Crippen molar-refractivity contribution in [3.05, 3.63) is 66.2 Å². The van der Waals surface area contributed by atoms with Crippen LogP contribution in [0, 0.1) is 0 Å². The molecule has 24 heavy (non-hydrogen) atoms. The second-order valence-corrected chi connectivity index (χ2v) is 5.13. The lowest BCUT2D eigenvalue weighted by atomic mass is 10.1. The van der Waals surface area contributed by atoms with Crippen molar-refractivity contribution in [2.24, 2.45) is 10.2 Å². The molecule has 2 aromatic carbocycles. The van der Waals surface area contributed by atoms with Gasteiger partial charge in [-0.1, -0.05) is 30.3 Å². The van der Waals surface area contributed by atoms with Gasteiger partial charge in [-0.15, -0.1) is 11.7 Å². The Bertz CT molecular complexity index is 872. The van der Waals surface area contributed by atoms with Crippen LogP contribution < -0.4 is 4.90 Å². The van der Waals surface area contributed by atoms with Gasteiger partial charge in [-0.25, -0.2) is 0 Å². The number of aromatic hydroxyl groups is 2. The number of phenols is 2. The lowest BCUT2D eigenvalue weighted by molar-refractivity contribution is -0.112. The molecule has 3 rings (SSSR count). The summed E-state index contributed by atoms with van der Waals surface area (Å²) in [5, 5.41) is 27.1. The molecule has 1 aliphatic heterocycles. The molecule has 0 atom stereocenters. The van der Waals surface area contributed by atoms with Gasteiger partial charge in [0.05, 0.1) is 11.9 Å². The van der Waals surface area contributed by atoms with Gasteiger partial charge in [-0.3, -0.25) is 4.79 Å². The Kier molecular flexibility index (Phi) is 4.11. The molecule has 1 aliphatic rings. The van der Waals surface area contributed by atoms with Gasteiger partial charge in [-0.2, -0.15) is 5.10 Å². The highest BCUT2D eigenvalue weighted by Crippen LogP contribution is 2.29. The van der Waals surface area contributed by atoms with Gasteiger partial charge in [-0.05, 0) is 18.2 Å². The van der Waals surface area contributed by atoms with Crippen LogP contribution in [0.3, 0.4) is 0 Å². The van der Waals surface area contributed by atoms with Gasteiger partial charge >= 0.3 is 0 Å². The van der Waals surface area contributed by atoms with Crippen molar-refractivity contribution in [1.29, 1.82) is 0 Å². The van der Waals surface area contributed by atoms with Crippen LogP contribution in [0.1, 0.15) is 11.1 Å². The van der Waals surface area contributed by atoms with E-state index in [1.807, 2.05) is 18.2 Å². The Balaban J connectivity index is 1.95. The van der Waals surface area contributed by atoms with Crippen molar-refractivity contribution >= 4 is 23.5 Å². The van der Waals surface area contributed by atoms with Crippen LogP contribution >= 0.6 is 0 Å². The Labute approximate surface area is 138 Å². The highest BCUT2D eigenvalue weighted by Gasteiger charge is 2.32. The van der Waals surface area contributed by atoms with E-state index in [9.17, 15) is 15.0 Å². The molecule has 0 spiro atoms. The number of amides is 1. The molecule has 1 amide bonds. The normalized spacial score (nSPS) is 15.2. The molecule has 0 saturated carbocycles. The fraction of sp³-hybridized carbons (Fsp3) is 0.0556. The predicted molar refractivity (Wildman–Crippen MR) is 92.9 cm³/mol. The van der Waals surface area contributed by atoms with Crippen molar-refractivity contribution in [3.8, 4) is 11.5 Å². The minimum Gasteiger partial charge on any atom is -0.504 e. The summed E-state index contributed by atoms with van der Waals surface area (Å²) in [6, 6.07) is 11.8. The first-order valence-corrected chi connectivity index (χ1v) is 7.27. The van der Waals surface area contributed by atoms with Gasteiger partial charge in [0.15, 0.2) is 17.2 Å².